The molecule has 120 valence electrons. The fourth-order valence-corrected chi connectivity index (χ4v) is 3.22. The summed E-state index contributed by atoms with van der Waals surface area (Å²) in [5.74, 6) is 0. The van der Waals surface area contributed by atoms with Crippen LogP contribution in [0.4, 0.5) is 0 Å². The summed E-state index contributed by atoms with van der Waals surface area (Å²) >= 11 is 0. The minimum absolute atomic E-state index is 0.158. The second kappa shape index (κ2) is 7.58. The number of hydrogen-bond donors (Lipinski definition) is 2. The van der Waals surface area contributed by atoms with E-state index >= 15 is 0 Å². The Morgan fingerprint density at radius 1 is 1.23 bits per heavy atom. The Kier molecular flexibility index (Phi) is 5.76. The van der Waals surface area contributed by atoms with E-state index in [0.29, 0.717) is 5.56 Å². The van der Waals surface area contributed by atoms with Gasteiger partial charge < -0.3 is 9.52 Å². The number of sulfonamides is 1. The first-order valence-electron chi connectivity index (χ1n) is 7.31. The quantitative estimate of drug-likeness (QED) is 0.782. The van der Waals surface area contributed by atoms with Crippen molar-refractivity contribution < 1.29 is 17.9 Å². The zero-order chi connectivity index (χ0) is 16.0. The second-order valence-electron chi connectivity index (χ2n) is 5.15. The molecule has 1 aromatic carbocycles. The fourth-order valence-electron chi connectivity index (χ4n) is 2.17. The highest BCUT2D eigenvalue weighted by molar-refractivity contribution is 7.89. The molecule has 1 aromatic heterocycles. The van der Waals surface area contributed by atoms with Crippen molar-refractivity contribution in [2.24, 2.45) is 0 Å². The molecule has 0 spiro atoms. The fraction of sp³-hybridized carbons (Fsp3) is 0.375. The van der Waals surface area contributed by atoms with Crippen LogP contribution in [0.25, 0.3) is 0 Å². The molecule has 0 radical (unpaired) electrons. The zero-order valence-corrected chi connectivity index (χ0v) is 13.3. The first-order chi connectivity index (χ1) is 10.5. The Morgan fingerprint density at radius 2 is 1.95 bits per heavy atom. The van der Waals surface area contributed by atoms with Crippen LogP contribution in [0.5, 0.6) is 0 Å². The van der Waals surface area contributed by atoms with Crippen molar-refractivity contribution in [3.8, 4) is 0 Å². The molecule has 5 nitrogen and oxygen atoms in total. The largest absolute Gasteiger partial charge is 0.472 e. The van der Waals surface area contributed by atoms with Gasteiger partial charge in [0.05, 0.1) is 23.5 Å². The molecule has 2 rings (SSSR count). The highest BCUT2D eigenvalue weighted by atomic mass is 32.2. The number of hydrogen-bond acceptors (Lipinski definition) is 4. The van der Waals surface area contributed by atoms with E-state index in [-0.39, 0.29) is 17.9 Å². The maximum Gasteiger partial charge on any atom is 0.240 e. The lowest BCUT2D eigenvalue weighted by Gasteiger charge is -2.10. The number of aliphatic hydroxyl groups excluding tert-OH is 1. The van der Waals surface area contributed by atoms with Crippen molar-refractivity contribution in [3.63, 3.8) is 0 Å². The van der Waals surface area contributed by atoms with E-state index in [1.54, 1.807) is 18.2 Å². The molecule has 2 N–H and O–H groups in total. The summed E-state index contributed by atoms with van der Waals surface area (Å²) in [6.07, 6.45) is 4.42. The van der Waals surface area contributed by atoms with E-state index in [1.807, 2.05) is 12.1 Å². The van der Waals surface area contributed by atoms with Gasteiger partial charge in [-0.25, -0.2) is 13.1 Å². The highest BCUT2D eigenvalue weighted by Gasteiger charge is 2.15. The monoisotopic (exact) mass is 323 g/mol. The third kappa shape index (κ3) is 4.43. The van der Waals surface area contributed by atoms with Crippen molar-refractivity contribution in [1.82, 2.24) is 4.72 Å². The third-order valence-corrected chi connectivity index (χ3v) is 4.89. The van der Waals surface area contributed by atoms with E-state index in [2.05, 4.69) is 11.6 Å². The summed E-state index contributed by atoms with van der Waals surface area (Å²) in [4.78, 5) is 0.241. The zero-order valence-electron chi connectivity index (χ0n) is 12.5. The van der Waals surface area contributed by atoms with Gasteiger partial charge in [-0.3, -0.25) is 0 Å². The van der Waals surface area contributed by atoms with Crippen LogP contribution in [-0.4, -0.2) is 20.1 Å². The first kappa shape index (κ1) is 16.7. The summed E-state index contributed by atoms with van der Waals surface area (Å²) in [6.45, 7) is 2.24. The molecule has 1 unspecified atom stereocenters. The number of aryl methyl sites for hydroxylation is 1. The number of furan rings is 1. The van der Waals surface area contributed by atoms with Crippen molar-refractivity contribution in [2.75, 3.05) is 6.54 Å². The van der Waals surface area contributed by atoms with Crippen molar-refractivity contribution >= 4 is 10.0 Å². The van der Waals surface area contributed by atoms with Gasteiger partial charge in [0.2, 0.25) is 10.0 Å². The molecular weight excluding hydrogens is 302 g/mol. The van der Waals surface area contributed by atoms with Gasteiger partial charge in [0.15, 0.2) is 0 Å². The van der Waals surface area contributed by atoms with Gasteiger partial charge in [-0.2, -0.15) is 0 Å². The molecule has 0 saturated heterocycles. The Hall–Kier alpha value is -1.63. The van der Waals surface area contributed by atoms with E-state index < -0.39 is 16.1 Å². The van der Waals surface area contributed by atoms with Crippen LogP contribution in [0, 0.1) is 0 Å². The number of benzene rings is 1. The van der Waals surface area contributed by atoms with Gasteiger partial charge in [0, 0.05) is 12.1 Å². The Morgan fingerprint density at radius 3 is 2.55 bits per heavy atom. The topological polar surface area (TPSA) is 79.5 Å². The van der Waals surface area contributed by atoms with Crippen LogP contribution in [0.3, 0.4) is 0 Å². The lowest BCUT2D eigenvalue weighted by Crippen LogP contribution is -2.25. The SMILES string of the molecule is CCCc1ccc(S(=O)(=O)NCCC(O)c2ccoc2)cc1. The molecule has 0 aliphatic heterocycles. The predicted molar refractivity (Wildman–Crippen MR) is 83.9 cm³/mol. The molecule has 2 aromatic rings. The van der Waals surface area contributed by atoms with Gasteiger partial charge >= 0.3 is 0 Å². The summed E-state index contributed by atoms with van der Waals surface area (Å²) in [5, 5.41) is 9.88. The van der Waals surface area contributed by atoms with E-state index in [1.165, 1.54) is 12.5 Å². The van der Waals surface area contributed by atoms with Crippen LogP contribution in [0.15, 0.2) is 52.2 Å². The Bertz CT molecular complexity index is 663. The number of rotatable bonds is 8. The van der Waals surface area contributed by atoms with Crippen molar-refractivity contribution in [1.29, 1.82) is 0 Å². The maximum atomic E-state index is 12.2. The molecule has 1 atom stereocenters. The smallest absolute Gasteiger partial charge is 0.240 e. The standard InChI is InChI=1S/C16H21NO4S/c1-2-3-13-4-6-15(7-5-13)22(19,20)17-10-8-16(18)14-9-11-21-12-14/h4-7,9,11-12,16-18H,2-3,8,10H2,1H3. The van der Waals surface area contributed by atoms with Crippen LogP contribution < -0.4 is 4.72 Å². The molecule has 0 amide bonds. The van der Waals surface area contributed by atoms with Crippen LogP contribution in [0.1, 0.15) is 37.0 Å². The van der Waals surface area contributed by atoms with Gasteiger partial charge in [-0.1, -0.05) is 25.5 Å². The van der Waals surface area contributed by atoms with Crippen LogP contribution in [-0.2, 0) is 16.4 Å². The maximum absolute atomic E-state index is 12.2. The van der Waals surface area contributed by atoms with E-state index in [0.717, 1.165) is 18.4 Å². The third-order valence-electron chi connectivity index (χ3n) is 3.41. The molecule has 0 aliphatic carbocycles. The van der Waals surface area contributed by atoms with Gasteiger partial charge in [-0.15, -0.1) is 0 Å². The lowest BCUT2D eigenvalue weighted by molar-refractivity contribution is 0.168. The Labute approximate surface area is 131 Å². The summed E-state index contributed by atoms with van der Waals surface area (Å²) in [5.41, 5.74) is 1.76. The van der Waals surface area contributed by atoms with Crippen molar-refractivity contribution in [2.45, 2.75) is 37.2 Å². The van der Waals surface area contributed by atoms with Crippen LogP contribution >= 0.6 is 0 Å². The van der Waals surface area contributed by atoms with Crippen molar-refractivity contribution in [3.05, 3.63) is 54.0 Å². The first-order valence-corrected chi connectivity index (χ1v) is 8.80. The van der Waals surface area contributed by atoms with Gasteiger partial charge in [0.25, 0.3) is 0 Å². The molecular formula is C16H21NO4S. The number of aliphatic hydroxyl groups is 1. The molecule has 0 fully saturated rings. The average Bonchev–Trinajstić information content (AvgIpc) is 3.02. The molecule has 1 heterocycles. The minimum Gasteiger partial charge on any atom is -0.472 e. The summed E-state index contributed by atoms with van der Waals surface area (Å²) < 4.78 is 31.7. The van der Waals surface area contributed by atoms with Crippen LogP contribution in [0.2, 0.25) is 0 Å². The highest BCUT2D eigenvalue weighted by Crippen LogP contribution is 2.17. The summed E-state index contributed by atoms with van der Waals surface area (Å²) in [7, 11) is -3.54. The number of nitrogens with one attached hydrogen (secondary N) is 1. The van der Waals surface area contributed by atoms with E-state index in [9.17, 15) is 13.5 Å². The molecule has 0 bridgehead atoms. The van der Waals surface area contributed by atoms with Gasteiger partial charge in [0.1, 0.15) is 0 Å². The van der Waals surface area contributed by atoms with Gasteiger partial charge in [-0.05, 0) is 36.6 Å². The molecule has 0 aliphatic rings. The lowest BCUT2D eigenvalue weighted by atomic mass is 10.1. The second-order valence-corrected chi connectivity index (χ2v) is 6.92. The summed E-state index contributed by atoms with van der Waals surface area (Å²) in [6, 6.07) is 8.54. The normalized spacial score (nSPS) is 13.2. The molecule has 0 saturated carbocycles. The molecule has 22 heavy (non-hydrogen) atoms. The van der Waals surface area contributed by atoms with E-state index in [4.69, 9.17) is 4.42 Å². The average molecular weight is 323 g/mol. The minimum atomic E-state index is -3.54. The Balaban J connectivity index is 1.90. The molecule has 6 heteroatoms. The predicted octanol–water partition coefficient (Wildman–Crippen LogP) is 2.63.